The number of hydrogen-bond donors (Lipinski definition) is 0. The van der Waals surface area contributed by atoms with Crippen molar-refractivity contribution in [3.8, 4) is 0 Å². The Morgan fingerprint density at radius 2 is 1.65 bits per heavy atom. The van der Waals surface area contributed by atoms with Gasteiger partial charge in [-0.15, -0.1) is 0 Å². The van der Waals surface area contributed by atoms with Gasteiger partial charge >= 0.3 is 0 Å². The van der Waals surface area contributed by atoms with E-state index >= 15 is 0 Å². The van der Waals surface area contributed by atoms with Gasteiger partial charge in [-0.05, 0) is 37.5 Å². The summed E-state index contributed by atoms with van der Waals surface area (Å²) in [4.78, 5) is 12.0. The van der Waals surface area contributed by atoms with Crippen LogP contribution in [0.1, 0.15) is 60.5 Å². The van der Waals surface area contributed by atoms with Crippen molar-refractivity contribution in [2.75, 3.05) is 6.61 Å². The Balaban J connectivity index is 2.13. The summed E-state index contributed by atoms with van der Waals surface area (Å²) in [5.41, 5.74) is 0.500. The van der Waals surface area contributed by atoms with E-state index in [2.05, 4.69) is 33.9 Å². The van der Waals surface area contributed by atoms with Crippen LogP contribution in [0.15, 0.2) is 30.3 Å². The lowest BCUT2D eigenvalue weighted by Gasteiger charge is -2.43. The average molecular weight is 451 g/mol. The fraction of sp³-hybridized carbons (Fsp3) is 0.720. The first-order valence-corrected chi connectivity index (χ1v) is 14.2. The van der Waals surface area contributed by atoms with Gasteiger partial charge in [0.2, 0.25) is 0 Å². The van der Waals surface area contributed by atoms with E-state index in [4.69, 9.17) is 18.6 Å². The van der Waals surface area contributed by atoms with Crippen molar-refractivity contribution < 1.29 is 23.4 Å². The van der Waals surface area contributed by atoms with Crippen molar-refractivity contribution in [3.63, 3.8) is 0 Å². The lowest BCUT2D eigenvalue weighted by molar-refractivity contribution is -0.153. The van der Waals surface area contributed by atoms with Crippen LogP contribution < -0.4 is 0 Å². The maximum absolute atomic E-state index is 12.0. The van der Waals surface area contributed by atoms with Crippen molar-refractivity contribution in [2.24, 2.45) is 5.41 Å². The molecule has 0 N–H and O–H groups in total. The van der Waals surface area contributed by atoms with E-state index in [1.165, 1.54) is 0 Å². The minimum absolute atomic E-state index is 0.0503. The predicted molar refractivity (Wildman–Crippen MR) is 126 cm³/mol. The number of aldehydes is 1. The molecule has 0 bridgehead atoms. The minimum Gasteiger partial charge on any atom is -0.413 e. The zero-order valence-corrected chi connectivity index (χ0v) is 21.9. The molecule has 1 fully saturated rings. The number of carbonyl (C=O) groups is 1. The van der Waals surface area contributed by atoms with E-state index in [0.29, 0.717) is 19.6 Å². The van der Waals surface area contributed by atoms with Gasteiger partial charge in [-0.1, -0.05) is 65.0 Å². The van der Waals surface area contributed by atoms with Gasteiger partial charge in [-0.25, -0.2) is 0 Å². The van der Waals surface area contributed by atoms with E-state index in [1.54, 1.807) is 0 Å². The fourth-order valence-corrected chi connectivity index (χ4v) is 4.90. The standard InChI is InChI=1S/C25H42O5Si/c1-23(2,3)31(8,9)30-22(24(4,5)18-26)15-20-21(29-25(6,7)28-20)17-27-16-19-13-11-10-12-14-19/h10-14,18,20-22H,15-17H2,1-9H3/t20-,21+,22+/m0/s1. The van der Waals surface area contributed by atoms with Crippen molar-refractivity contribution in [1.29, 1.82) is 0 Å². The SMILES string of the molecule is CC1(C)O[C@@H](C[C@@H](O[Si](C)(C)C(C)(C)C)C(C)(C)C=O)[C@@H](COCc2ccccc2)O1. The van der Waals surface area contributed by atoms with Gasteiger partial charge in [0, 0.05) is 11.8 Å². The van der Waals surface area contributed by atoms with Gasteiger partial charge in [0.1, 0.15) is 12.4 Å². The van der Waals surface area contributed by atoms with Gasteiger partial charge in [-0.2, -0.15) is 0 Å². The van der Waals surface area contributed by atoms with Crippen LogP contribution in [-0.2, 0) is 30.0 Å². The number of carbonyl (C=O) groups excluding carboxylic acids is 1. The van der Waals surface area contributed by atoms with E-state index in [-0.39, 0.29) is 23.4 Å². The molecule has 1 saturated heterocycles. The van der Waals surface area contributed by atoms with Crippen molar-refractivity contribution in [3.05, 3.63) is 35.9 Å². The number of rotatable bonds is 10. The first kappa shape index (κ1) is 26.2. The molecule has 0 saturated carbocycles. The summed E-state index contributed by atoms with van der Waals surface area (Å²) in [7, 11) is -2.08. The highest BCUT2D eigenvalue weighted by Crippen LogP contribution is 2.42. The molecule has 0 aliphatic carbocycles. The third-order valence-corrected chi connectivity index (χ3v) is 11.0. The smallest absolute Gasteiger partial charge is 0.192 e. The highest BCUT2D eigenvalue weighted by atomic mass is 28.4. The Hall–Kier alpha value is -1.05. The molecule has 1 aromatic carbocycles. The molecule has 1 aliphatic rings. The first-order valence-electron chi connectivity index (χ1n) is 11.3. The summed E-state index contributed by atoms with van der Waals surface area (Å²) in [5.74, 6) is -0.696. The second-order valence-electron chi connectivity index (χ2n) is 11.3. The molecule has 31 heavy (non-hydrogen) atoms. The van der Waals surface area contributed by atoms with E-state index in [0.717, 1.165) is 11.8 Å². The first-order chi connectivity index (χ1) is 14.2. The summed E-state index contributed by atoms with van der Waals surface area (Å²) >= 11 is 0. The molecule has 0 spiro atoms. The fourth-order valence-electron chi connectivity index (χ4n) is 3.44. The number of hydrogen-bond acceptors (Lipinski definition) is 5. The average Bonchev–Trinajstić information content (AvgIpc) is 2.94. The van der Waals surface area contributed by atoms with Crippen LogP contribution in [0.5, 0.6) is 0 Å². The molecule has 6 heteroatoms. The third kappa shape index (κ3) is 7.22. The maximum Gasteiger partial charge on any atom is 0.192 e. The van der Waals surface area contributed by atoms with Crippen LogP contribution in [0.2, 0.25) is 18.1 Å². The normalized spacial score (nSPS) is 23.0. The van der Waals surface area contributed by atoms with Gasteiger partial charge in [-0.3, -0.25) is 0 Å². The molecule has 2 rings (SSSR count). The number of ether oxygens (including phenoxy) is 3. The molecule has 5 nitrogen and oxygen atoms in total. The molecule has 0 radical (unpaired) electrons. The second kappa shape index (κ2) is 9.83. The Bertz CT molecular complexity index is 708. The highest BCUT2D eigenvalue weighted by Gasteiger charge is 2.47. The van der Waals surface area contributed by atoms with Gasteiger partial charge in [0.05, 0.1) is 25.4 Å². The van der Waals surface area contributed by atoms with Crippen LogP contribution >= 0.6 is 0 Å². The molecule has 1 aromatic rings. The Morgan fingerprint density at radius 1 is 1.06 bits per heavy atom. The molecule has 0 aromatic heterocycles. The summed E-state index contributed by atoms with van der Waals surface area (Å²) in [5, 5.41) is 0.0503. The van der Waals surface area contributed by atoms with Crippen LogP contribution in [-0.4, -0.2) is 45.3 Å². The molecule has 0 unspecified atom stereocenters. The lowest BCUT2D eigenvalue weighted by Crippen LogP contribution is -2.50. The monoisotopic (exact) mass is 450 g/mol. The second-order valence-corrected chi connectivity index (χ2v) is 16.0. The van der Waals surface area contributed by atoms with Crippen LogP contribution in [0, 0.1) is 5.41 Å². The topological polar surface area (TPSA) is 54.0 Å². The summed E-state index contributed by atoms with van der Waals surface area (Å²) in [6, 6.07) is 10.1. The van der Waals surface area contributed by atoms with Crippen LogP contribution in [0.3, 0.4) is 0 Å². The zero-order chi connectivity index (χ0) is 23.5. The van der Waals surface area contributed by atoms with Crippen molar-refractivity contribution in [2.45, 2.75) is 104 Å². The Labute approximate surface area is 189 Å². The third-order valence-electron chi connectivity index (χ3n) is 6.50. The van der Waals surface area contributed by atoms with E-state index < -0.39 is 19.5 Å². The molecular weight excluding hydrogens is 408 g/mol. The molecule has 3 atom stereocenters. The lowest BCUT2D eigenvalue weighted by atomic mass is 9.84. The summed E-state index contributed by atoms with van der Waals surface area (Å²) in [6.45, 7) is 19.8. The molecule has 176 valence electrons. The van der Waals surface area contributed by atoms with Crippen LogP contribution in [0.25, 0.3) is 0 Å². The Morgan fingerprint density at radius 3 is 2.19 bits per heavy atom. The van der Waals surface area contributed by atoms with Crippen LogP contribution in [0.4, 0.5) is 0 Å². The molecular formula is C25H42O5Si. The van der Waals surface area contributed by atoms with E-state index in [1.807, 2.05) is 58.0 Å². The summed E-state index contributed by atoms with van der Waals surface area (Å²) < 4.78 is 25.1. The largest absolute Gasteiger partial charge is 0.413 e. The van der Waals surface area contributed by atoms with Crippen molar-refractivity contribution >= 4 is 14.6 Å². The number of benzene rings is 1. The molecule has 1 aliphatic heterocycles. The zero-order valence-electron chi connectivity index (χ0n) is 20.9. The maximum atomic E-state index is 12.0. The highest BCUT2D eigenvalue weighted by molar-refractivity contribution is 6.74. The van der Waals surface area contributed by atoms with E-state index in [9.17, 15) is 4.79 Å². The van der Waals surface area contributed by atoms with Crippen molar-refractivity contribution in [1.82, 2.24) is 0 Å². The quantitative estimate of drug-likeness (QED) is 0.337. The van der Waals surface area contributed by atoms with Gasteiger partial charge in [0.15, 0.2) is 14.1 Å². The summed E-state index contributed by atoms with van der Waals surface area (Å²) in [6.07, 6.45) is 0.907. The molecule has 0 amide bonds. The predicted octanol–water partition coefficient (Wildman–Crippen LogP) is 5.73. The van der Waals surface area contributed by atoms with Gasteiger partial charge < -0.3 is 23.4 Å². The van der Waals surface area contributed by atoms with Gasteiger partial charge in [0.25, 0.3) is 0 Å². The minimum atomic E-state index is -2.08. The Kier molecular flexibility index (Phi) is 8.31. The molecule has 1 heterocycles.